The van der Waals surface area contributed by atoms with Crippen LogP contribution in [0.1, 0.15) is 35.6 Å². The molecule has 0 unspecified atom stereocenters. The fourth-order valence-corrected chi connectivity index (χ4v) is 5.44. The smallest absolute Gasteiger partial charge is 0.0616 e. The van der Waals surface area contributed by atoms with Gasteiger partial charge < -0.3 is 0 Å². The fraction of sp³-hybridized carbons (Fsp3) is 0. The highest BCUT2D eigenvalue weighted by Crippen LogP contribution is 2.48. The highest BCUT2D eigenvalue weighted by Gasteiger charge is 2.20. The molecule has 194 valence electrons. The van der Waals surface area contributed by atoms with Gasteiger partial charge in [-0.2, -0.15) is 0 Å². The number of rotatable bonds is 2. The van der Waals surface area contributed by atoms with Gasteiger partial charge in [0.05, 0.1) is 35.6 Å². The molecule has 0 aliphatic heterocycles. The van der Waals surface area contributed by atoms with Crippen LogP contribution in [0.4, 0.5) is 0 Å². The fourth-order valence-electron chi connectivity index (χ4n) is 5.44. The Balaban J connectivity index is 1.76. The summed E-state index contributed by atoms with van der Waals surface area (Å²) in [6.07, 6.45) is 0. The molecule has 0 heterocycles. The van der Waals surface area contributed by atoms with Crippen LogP contribution in [-0.4, -0.2) is 0 Å². The Kier molecular flexibility index (Phi) is 1.99. The molecule has 0 aliphatic rings. The molecule has 42 heavy (non-hydrogen) atoms. The van der Waals surface area contributed by atoms with Gasteiger partial charge in [0.1, 0.15) is 0 Å². The van der Waals surface area contributed by atoms with Crippen LogP contribution < -0.4 is 0 Å². The maximum absolute atomic E-state index is 9.80. The number of fused-ring (bicyclic) bond motifs is 8. The van der Waals surface area contributed by atoms with Crippen LogP contribution in [0, 0.1) is 0 Å². The normalized spacial score (nSPS) is 20.5. The monoisotopic (exact) mass is 556 g/mol. The van der Waals surface area contributed by atoms with Gasteiger partial charge in [-0.15, -0.1) is 0 Å². The number of hydrogen-bond donors (Lipinski definition) is 0. The van der Waals surface area contributed by atoms with Crippen LogP contribution in [0.2, 0.25) is 0 Å². The van der Waals surface area contributed by atoms with E-state index in [0.29, 0.717) is 0 Å². The van der Waals surface area contributed by atoms with Crippen LogP contribution in [0.25, 0.3) is 86.9 Å². The topological polar surface area (TPSA) is 0 Å². The Morgan fingerprint density at radius 2 is 0.524 bits per heavy atom. The maximum atomic E-state index is 9.80. The zero-order valence-electron chi connectivity index (χ0n) is 47.0. The van der Waals surface area contributed by atoms with Gasteiger partial charge in [0.25, 0.3) is 0 Å². The summed E-state index contributed by atoms with van der Waals surface area (Å²) in [5.74, 6) is 0. The van der Waals surface area contributed by atoms with E-state index in [1.165, 1.54) is 0 Å². The van der Waals surface area contributed by atoms with E-state index in [-0.39, 0.29) is 0 Å². The van der Waals surface area contributed by atoms with Crippen LogP contribution in [-0.2, 0) is 0 Å². The van der Waals surface area contributed by atoms with Crippen molar-refractivity contribution in [1.29, 1.82) is 0 Å². The SMILES string of the molecule is [2H]c1c([2H])c([2H])c2c(-c3c([2H])c4c([2H])c([2H])c([2H])c([2H])c4c4c([2H])c([2H])c([2H])c([2H])c34)c3c([2H])c([2H])c([2H])c([2H])c3c(-c3c([2H])c4c([2H])c([2H])c([2H])c([2H])c4c4c([2H])c([2H])c([2H])c([2H])c34)c2c1[2H]. The molecule has 0 fully saturated rings. The van der Waals surface area contributed by atoms with Crippen LogP contribution in [0.5, 0.6) is 0 Å². The molecular weight excluding hydrogens is 504 g/mol. The molecule has 0 radical (unpaired) electrons. The first-order chi connectivity index (χ1) is 31.7. The lowest BCUT2D eigenvalue weighted by molar-refractivity contribution is 1.70. The van der Waals surface area contributed by atoms with E-state index < -0.39 is 244 Å². The summed E-state index contributed by atoms with van der Waals surface area (Å²) in [5.41, 5.74) is -2.89. The highest BCUT2D eigenvalue weighted by molar-refractivity contribution is 6.28. The van der Waals surface area contributed by atoms with Crippen molar-refractivity contribution in [3.63, 3.8) is 0 Å². The Morgan fingerprint density at radius 3 is 0.881 bits per heavy atom. The molecule has 0 heteroatoms. The van der Waals surface area contributed by atoms with Gasteiger partial charge >= 0.3 is 0 Å². The van der Waals surface area contributed by atoms with Crippen molar-refractivity contribution in [2.75, 3.05) is 0 Å². The van der Waals surface area contributed by atoms with Gasteiger partial charge in [0.15, 0.2) is 0 Å². The molecule has 0 amide bonds. The largest absolute Gasteiger partial charge is 0.0636 e. The molecule has 0 bridgehead atoms. The molecule has 0 atom stereocenters. The molecule has 9 rings (SSSR count). The third-order valence-corrected chi connectivity index (χ3v) is 7.12. The zero-order chi connectivity index (χ0) is 50.2. The minimum absolute atomic E-state index is 0.541. The van der Waals surface area contributed by atoms with Crippen molar-refractivity contribution >= 4 is 64.6 Å². The van der Waals surface area contributed by atoms with Crippen LogP contribution in [0.15, 0.2) is 157 Å². The minimum atomic E-state index is -1.00. The zero-order valence-corrected chi connectivity index (χ0v) is 21.0. The lowest BCUT2D eigenvalue weighted by atomic mass is 9.82. The Bertz CT molecular complexity index is 3630. The molecule has 0 saturated heterocycles. The van der Waals surface area contributed by atoms with E-state index in [9.17, 15) is 11.0 Å². The second kappa shape index (κ2) is 9.03. The highest BCUT2D eigenvalue weighted by atomic mass is 14.2. The molecule has 0 aliphatic carbocycles. The second-order valence-electron chi connectivity index (χ2n) is 9.25. The van der Waals surface area contributed by atoms with E-state index in [1.54, 1.807) is 0 Å². The average molecular weight is 557 g/mol. The second-order valence-corrected chi connectivity index (χ2v) is 9.25. The predicted molar refractivity (Wildman–Crippen MR) is 182 cm³/mol. The Labute approximate surface area is 280 Å². The first kappa shape index (κ1) is 9.28. The molecule has 0 nitrogen and oxygen atoms in total. The van der Waals surface area contributed by atoms with E-state index in [1.807, 2.05) is 0 Å². The molecule has 9 aromatic rings. The van der Waals surface area contributed by atoms with Gasteiger partial charge in [0.2, 0.25) is 0 Å². The van der Waals surface area contributed by atoms with E-state index >= 15 is 0 Å². The first-order valence-corrected chi connectivity index (χ1v) is 12.5. The van der Waals surface area contributed by atoms with Crippen molar-refractivity contribution in [2.45, 2.75) is 0 Å². The molecule has 9 aromatic carbocycles. The van der Waals surface area contributed by atoms with Gasteiger partial charge in [-0.1, -0.05) is 145 Å². The van der Waals surface area contributed by atoms with Gasteiger partial charge in [-0.25, -0.2) is 0 Å². The summed E-state index contributed by atoms with van der Waals surface area (Å²) in [4.78, 5) is 0. The quantitative estimate of drug-likeness (QED) is 0.147. The summed E-state index contributed by atoms with van der Waals surface area (Å²) in [6.45, 7) is 0. The predicted octanol–water partition coefficient (Wildman–Crippen LogP) is 11.9. The summed E-state index contributed by atoms with van der Waals surface area (Å²) in [5, 5.41) is -7.82. The van der Waals surface area contributed by atoms with Crippen molar-refractivity contribution in [3.8, 4) is 22.3 Å². The van der Waals surface area contributed by atoms with Crippen molar-refractivity contribution in [1.82, 2.24) is 0 Å². The van der Waals surface area contributed by atoms with Crippen molar-refractivity contribution < 1.29 is 35.6 Å². The standard InChI is InChI=1S/C42H26/c1-3-15-29-27(13-1)25-39(33-19-7-5-17-31(29)33)41-35-21-9-11-23-37(35)42(38-24-12-10-22-36(38)41)40-26-28-14-2-4-16-30(28)32-18-6-8-20-34(32)40/h1-26H/i1D,2D,3D,4D,5D,6D,7D,8D,9D,10D,11D,12D,13D,14D,15D,16D,17D,18D,19D,20D,21D,22D,23D,24D,25D,26D. The third-order valence-electron chi connectivity index (χ3n) is 7.12. The molecular formula is C42H26. The molecule has 0 N–H and O–H groups in total. The van der Waals surface area contributed by atoms with Gasteiger partial charge in [-0.3, -0.25) is 0 Å². The summed E-state index contributed by atoms with van der Waals surface area (Å²) >= 11 is 0. The van der Waals surface area contributed by atoms with E-state index in [2.05, 4.69) is 0 Å². The molecule has 0 aromatic heterocycles. The first-order valence-electron chi connectivity index (χ1n) is 25.5. The average Bonchev–Trinajstić information content (AvgIpc) is 3.31. The number of hydrogen-bond acceptors (Lipinski definition) is 0. The summed E-state index contributed by atoms with van der Waals surface area (Å²) in [7, 11) is 0. The van der Waals surface area contributed by atoms with E-state index in [4.69, 9.17) is 24.7 Å². The lowest BCUT2D eigenvalue weighted by Gasteiger charge is -2.21. The minimum Gasteiger partial charge on any atom is -0.0616 e. The van der Waals surface area contributed by atoms with Crippen molar-refractivity contribution in [3.05, 3.63) is 157 Å². The van der Waals surface area contributed by atoms with Gasteiger partial charge in [0, 0.05) is 0 Å². The van der Waals surface area contributed by atoms with Crippen LogP contribution >= 0.6 is 0 Å². The van der Waals surface area contributed by atoms with Crippen molar-refractivity contribution in [2.24, 2.45) is 0 Å². The molecule has 0 spiro atoms. The summed E-state index contributed by atoms with van der Waals surface area (Å²) < 4.78 is 235. The lowest BCUT2D eigenvalue weighted by Crippen LogP contribution is -1.93. The Hall–Kier alpha value is -5.46. The van der Waals surface area contributed by atoms with Crippen LogP contribution in [0.3, 0.4) is 0 Å². The van der Waals surface area contributed by atoms with Gasteiger partial charge in [-0.05, 0) is 99.0 Å². The molecule has 0 saturated carbocycles. The van der Waals surface area contributed by atoms with E-state index in [0.717, 1.165) is 0 Å². The summed E-state index contributed by atoms with van der Waals surface area (Å²) in [6, 6.07) is -24.0. The maximum Gasteiger partial charge on any atom is 0.0636 e. The third kappa shape index (κ3) is 3.30. The number of benzene rings is 9. The Morgan fingerprint density at radius 1 is 0.262 bits per heavy atom.